The van der Waals surface area contributed by atoms with Gasteiger partial charge in [0.05, 0.1) is 12.8 Å². The largest absolute Gasteiger partial charge is 0.495 e. The van der Waals surface area contributed by atoms with E-state index in [1.54, 1.807) is 24.3 Å². The predicted molar refractivity (Wildman–Crippen MR) is 102 cm³/mol. The summed E-state index contributed by atoms with van der Waals surface area (Å²) >= 11 is 0. The summed E-state index contributed by atoms with van der Waals surface area (Å²) in [7, 11) is 1.53. The van der Waals surface area contributed by atoms with Gasteiger partial charge in [0.1, 0.15) is 25.5 Å². The fourth-order valence-electron chi connectivity index (χ4n) is 2.84. The average Bonchev–Trinajstić information content (AvgIpc) is 2.65. The van der Waals surface area contributed by atoms with Crippen molar-refractivity contribution in [1.29, 1.82) is 0 Å². The van der Waals surface area contributed by atoms with Crippen LogP contribution in [0.3, 0.4) is 0 Å². The van der Waals surface area contributed by atoms with Gasteiger partial charge < -0.3 is 19.5 Å². The SMILES string of the molecule is COc1ccc(C)cc1N(CC(=O)Nc1ccc2c(c1)OCCO2)C(C)=O. The second-order valence-corrected chi connectivity index (χ2v) is 6.19. The Kier molecular flexibility index (Phi) is 5.49. The first kappa shape index (κ1) is 18.6. The number of hydrogen-bond donors (Lipinski definition) is 1. The zero-order valence-corrected chi connectivity index (χ0v) is 15.6. The van der Waals surface area contributed by atoms with Crippen LogP contribution in [0.25, 0.3) is 0 Å². The van der Waals surface area contributed by atoms with Crippen LogP contribution in [0.1, 0.15) is 12.5 Å². The normalized spacial score (nSPS) is 12.3. The lowest BCUT2D eigenvalue weighted by molar-refractivity contribution is -0.120. The number of carbonyl (C=O) groups excluding carboxylic acids is 2. The summed E-state index contributed by atoms with van der Waals surface area (Å²) in [5.74, 6) is 1.18. The standard InChI is InChI=1S/C20H22N2O5/c1-13-4-6-17(25-3)16(10-13)22(14(2)23)12-20(24)21-15-5-7-18-19(11-15)27-9-8-26-18/h4-7,10-11H,8-9,12H2,1-3H3,(H,21,24). The number of amides is 2. The zero-order chi connectivity index (χ0) is 19.4. The number of hydrogen-bond acceptors (Lipinski definition) is 5. The van der Waals surface area contributed by atoms with Gasteiger partial charge in [0.15, 0.2) is 11.5 Å². The summed E-state index contributed by atoms with van der Waals surface area (Å²) in [6.45, 7) is 4.17. The van der Waals surface area contributed by atoms with Crippen LogP contribution in [0.5, 0.6) is 17.2 Å². The molecule has 0 aromatic heterocycles. The van der Waals surface area contributed by atoms with Crippen molar-refractivity contribution in [3.63, 3.8) is 0 Å². The minimum atomic E-state index is -0.328. The highest BCUT2D eigenvalue weighted by molar-refractivity contribution is 6.02. The van der Waals surface area contributed by atoms with Crippen LogP contribution >= 0.6 is 0 Å². The fraction of sp³-hybridized carbons (Fsp3) is 0.300. The molecule has 142 valence electrons. The molecule has 3 rings (SSSR count). The topological polar surface area (TPSA) is 77.1 Å². The van der Waals surface area contributed by atoms with E-state index in [9.17, 15) is 9.59 Å². The number of nitrogens with one attached hydrogen (secondary N) is 1. The van der Waals surface area contributed by atoms with E-state index in [2.05, 4.69) is 5.32 Å². The molecule has 0 unspecified atom stereocenters. The monoisotopic (exact) mass is 370 g/mol. The van der Waals surface area contributed by atoms with Crippen LogP contribution in [0.2, 0.25) is 0 Å². The molecule has 0 atom stereocenters. The molecule has 1 N–H and O–H groups in total. The smallest absolute Gasteiger partial charge is 0.244 e. The Bertz CT molecular complexity index is 865. The van der Waals surface area contributed by atoms with E-state index >= 15 is 0 Å². The quantitative estimate of drug-likeness (QED) is 0.876. The number of ether oxygens (including phenoxy) is 3. The van der Waals surface area contributed by atoms with E-state index in [1.807, 2.05) is 19.1 Å². The Balaban J connectivity index is 1.76. The molecule has 2 amide bonds. The maximum atomic E-state index is 12.5. The fourth-order valence-corrected chi connectivity index (χ4v) is 2.84. The van der Waals surface area contributed by atoms with E-state index in [-0.39, 0.29) is 18.4 Å². The second-order valence-electron chi connectivity index (χ2n) is 6.19. The summed E-state index contributed by atoms with van der Waals surface area (Å²) in [6.07, 6.45) is 0. The van der Waals surface area contributed by atoms with E-state index in [1.165, 1.54) is 18.9 Å². The van der Waals surface area contributed by atoms with Crippen molar-refractivity contribution >= 4 is 23.2 Å². The Labute approximate surface area is 157 Å². The molecular weight excluding hydrogens is 348 g/mol. The van der Waals surface area contributed by atoms with E-state index in [0.717, 1.165) is 5.56 Å². The number of aryl methyl sites for hydroxylation is 1. The average molecular weight is 370 g/mol. The minimum absolute atomic E-state index is 0.135. The highest BCUT2D eigenvalue weighted by Crippen LogP contribution is 2.33. The second kappa shape index (κ2) is 7.99. The van der Waals surface area contributed by atoms with Gasteiger partial charge in [-0.1, -0.05) is 6.07 Å². The van der Waals surface area contributed by atoms with Crippen LogP contribution in [0.15, 0.2) is 36.4 Å². The van der Waals surface area contributed by atoms with Crippen molar-refractivity contribution in [3.05, 3.63) is 42.0 Å². The molecule has 0 spiro atoms. The van der Waals surface area contributed by atoms with Crippen LogP contribution in [0, 0.1) is 6.92 Å². The number of benzene rings is 2. The molecule has 27 heavy (non-hydrogen) atoms. The van der Waals surface area contributed by atoms with Gasteiger partial charge in [-0.05, 0) is 36.8 Å². The van der Waals surface area contributed by atoms with Crippen molar-refractivity contribution in [1.82, 2.24) is 0 Å². The molecule has 1 aliphatic rings. The van der Waals surface area contributed by atoms with E-state index < -0.39 is 0 Å². The molecule has 7 nitrogen and oxygen atoms in total. The van der Waals surface area contributed by atoms with E-state index in [4.69, 9.17) is 14.2 Å². The van der Waals surface area contributed by atoms with Gasteiger partial charge in [0.25, 0.3) is 0 Å². The maximum Gasteiger partial charge on any atom is 0.244 e. The highest BCUT2D eigenvalue weighted by Gasteiger charge is 2.20. The Morgan fingerprint density at radius 1 is 1.11 bits per heavy atom. The number of anilines is 2. The summed E-state index contributed by atoms with van der Waals surface area (Å²) in [6, 6.07) is 10.7. The molecule has 1 aliphatic heterocycles. The lowest BCUT2D eigenvalue weighted by Crippen LogP contribution is -2.37. The molecule has 2 aromatic carbocycles. The molecule has 7 heteroatoms. The van der Waals surface area contributed by atoms with Gasteiger partial charge in [0, 0.05) is 18.7 Å². The molecule has 0 radical (unpaired) electrons. The molecule has 0 saturated carbocycles. The zero-order valence-electron chi connectivity index (χ0n) is 15.6. The molecular formula is C20H22N2O5. The number of fused-ring (bicyclic) bond motifs is 1. The molecule has 0 fully saturated rings. The highest BCUT2D eigenvalue weighted by atomic mass is 16.6. The van der Waals surface area contributed by atoms with Gasteiger partial charge in [0.2, 0.25) is 11.8 Å². The third kappa shape index (κ3) is 4.31. The first-order valence-electron chi connectivity index (χ1n) is 8.60. The summed E-state index contributed by atoms with van der Waals surface area (Å²) in [5.41, 5.74) is 2.09. The van der Waals surface area contributed by atoms with Crippen molar-refractivity contribution in [2.24, 2.45) is 0 Å². The summed E-state index contributed by atoms with van der Waals surface area (Å²) < 4.78 is 16.3. The van der Waals surface area contributed by atoms with Gasteiger partial charge >= 0.3 is 0 Å². The number of nitrogens with zero attached hydrogens (tertiary/aromatic N) is 1. The third-order valence-electron chi connectivity index (χ3n) is 4.13. The van der Waals surface area contributed by atoms with Gasteiger partial charge in [-0.15, -0.1) is 0 Å². The lowest BCUT2D eigenvalue weighted by atomic mass is 10.2. The Hall–Kier alpha value is -3.22. The molecule has 0 bridgehead atoms. The summed E-state index contributed by atoms with van der Waals surface area (Å²) in [5, 5.41) is 2.79. The Morgan fingerprint density at radius 2 is 1.85 bits per heavy atom. The Morgan fingerprint density at radius 3 is 2.56 bits per heavy atom. The number of rotatable bonds is 5. The van der Waals surface area contributed by atoms with Crippen LogP contribution in [-0.4, -0.2) is 38.7 Å². The number of methoxy groups -OCH3 is 1. The first-order chi connectivity index (χ1) is 13.0. The van der Waals surface area contributed by atoms with Crippen molar-refractivity contribution in [3.8, 4) is 17.2 Å². The summed E-state index contributed by atoms with van der Waals surface area (Å²) in [4.78, 5) is 26.1. The van der Waals surface area contributed by atoms with E-state index in [0.29, 0.717) is 41.8 Å². The van der Waals surface area contributed by atoms with Crippen molar-refractivity contribution in [2.45, 2.75) is 13.8 Å². The van der Waals surface area contributed by atoms with Crippen LogP contribution in [-0.2, 0) is 9.59 Å². The van der Waals surface area contributed by atoms with Crippen molar-refractivity contribution < 1.29 is 23.8 Å². The molecule has 1 heterocycles. The van der Waals surface area contributed by atoms with Crippen LogP contribution < -0.4 is 24.4 Å². The lowest BCUT2D eigenvalue weighted by Gasteiger charge is -2.23. The predicted octanol–water partition coefficient (Wildman–Crippen LogP) is 2.77. The van der Waals surface area contributed by atoms with Crippen molar-refractivity contribution in [2.75, 3.05) is 37.1 Å². The molecule has 0 saturated heterocycles. The minimum Gasteiger partial charge on any atom is -0.495 e. The van der Waals surface area contributed by atoms with Gasteiger partial charge in [-0.3, -0.25) is 14.5 Å². The molecule has 2 aromatic rings. The first-order valence-corrected chi connectivity index (χ1v) is 8.60. The third-order valence-corrected chi connectivity index (χ3v) is 4.13. The molecule has 0 aliphatic carbocycles. The van der Waals surface area contributed by atoms with Gasteiger partial charge in [-0.2, -0.15) is 0 Å². The van der Waals surface area contributed by atoms with Crippen LogP contribution in [0.4, 0.5) is 11.4 Å². The number of carbonyl (C=O) groups is 2. The van der Waals surface area contributed by atoms with Gasteiger partial charge in [-0.25, -0.2) is 0 Å². The maximum absolute atomic E-state index is 12.5.